The molecule has 0 aliphatic carbocycles. The van der Waals surface area contributed by atoms with Gasteiger partial charge in [0.1, 0.15) is 11.6 Å². The van der Waals surface area contributed by atoms with Crippen LogP contribution in [0.3, 0.4) is 0 Å². The van der Waals surface area contributed by atoms with Crippen molar-refractivity contribution >= 4 is 17.6 Å². The van der Waals surface area contributed by atoms with Crippen molar-refractivity contribution in [2.75, 3.05) is 12.9 Å². The molecular formula is C14H22N2OS. The van der Waals surface area contributed by atoms with Crippen molar-refractivity contribution in [2.45, 2.75) is 31.9 Å². The summed E-state index contributed by atoms with van der Waals surface area (Å²) >= 11 is 1.94. The van der Waals surface area contributed by atoms with E-state index in [0.717, 1.165) is 5.75 Å². The molecule has 0 aliphatic heterocycles. The number of hydrogen-bond donors (Lipinski definition) is 2. The molecule has 100 valence electrons. The second-order valence-electron chi connectivity index (χ2n) is 4.21. The molecule has 3 nitrogen and oxygen atoms in total. The van der Waals surface area contributed by atoms with Gasteiger partial charge in [0.15, 0.2) is 0 Å². The van der Waals surface area contributed by atoms with Gasteiger partial charge in [0, 0.05) is 5.75 Å². The first-order chi connectivity index (χ1) is 8.69. The molecule has 18 heavy (non-hydrogen) atoms. The van der Waals surface area contributed by atoms with Crippen molar-refractivity contribution < 1.29 is 4.74 Å². The van der Waals surface area contributed by atoms with E-state index in [1.165, 1.54) is 30.6 Å². The molecule has 4 heteroatoms. The second-order valence-corrected chi connectivity index (χ2v) is 5.31. The molecule has 1 rings (SSSR count). The van der Waals surface area contributed by atoms with Gasteiger partial charge in [0.25, 0.3) is 0 Å². The quantitative estimate of drug-likeness (QED) is 0.431. The van der Waals surface area contributed by atoms with Crippen molar-refractivity contribution in [3.63, 3.8) is 0 Å². The van der Waals surface area contributed by atoms with E-state index in [4.69, 9.17) is 15.9 Å². The smallest absolute Gasteiger partial charge is 0.130 e. The Kier molecular flexibility index (Phi) is 6.65. The molecule has 3 N–H and O–H groups in total. The number of nitrogens with two attached hydrogens (primary N) is 1. The Hall–Kier alpha value is -1.16. The van der Waals surface area contributed by atoms with Crippen LogP contribution in [0.15, 0.2) is 18.2 Å². The van der Waals surface area contributed by atoms with E-state index in [1.807, 2.05) is 30.0 Å². The summed E-state index contributed by atoms with van der Waals surface area (Å²) in [5.74, 6) is 2.92. The SMILES string of the molecule is CCCCCSCc1ccc(C(=N)N)c(OC)c1. The van der Waals surface area contributed by atoms with Gasteiger partial charge in [-0.2, -0.15) is 11.8 Å². The fourth-order valence-electron chi connectivity index (χ4n) is 1.69. The van der Waals surface area contributed by atoms with E-state index in [1.54, 1.807) is 7.11 Å². The Balaban J connectivity index is 2.54. The van der Waals surface area contributed by atoms with Crippen molar-refractivity contribution in [3.8, 4) is 5.75 Å². The highest BCUT2D eigenvalue weighted by Crippen LogP contribution is 2.23. The highest BCUT2D eigenvalue weighted by molar-refractivity contribution is 7.98. The van der Waals surface area contributed by atoms with Crippen LogP contribution in [-0.2, 0) is 5.75 Å². The molecule has 0 saturated carbocycles. The number of rotatable bonds is 8. The van der Waals surface area contributed by atoms with Crippen LogP contribution in [0.1, 0.15) is 37.3 Å². The highest BCUT2D eigenvalue weighted by Gasteiger charge is 2.06. The lowest BCUT2D eigenvalue weighted by Crippen LogP contribution is -2.12. The fraction of sp³-hybridized carbons (Fsp3) is 0.500. The second kappa shape index (κ2) is 8.03. The van der Waals surface area contributed by atoms with Crippen LogP contribution in [0.2, 0.25) is 0 Å². The van der Waals surface area contributed by atoms with Gasteiger partial charge in [-0.3, -0.25) is 5.41 Å². The third kappa shape index (κ3) is 4.61. The van der Waals surface area contributed by atoms with Crippen molar-refractivity contribution in [2.24, 2.45) is 5.73 Å². The topological polar surface area (TPSA) is 59.1 Å². The van der Waals surface area contributed by atoms with Gasteiger partial charge in [0.2, 0.25) is 0 Å². The van der Waals surface area contributed by atoms with Gasteiger partial charge in [-0.05, 0) is 29.9 Å². The van der Waals surface area contributed by atoms with E-state index in [-0.39, 0.29) is 5.84 Å². The molecule has 1 aromatic rings. The molecule has 0 radical (unpaired) electrons. The minimum atomic E-state index is 0.0500. The summed E-state index contributed by atoms with van der Waals surface area (Å²) in [6.45, 7) is 2.22. The zero-order valence-corrected chi connectivity index (χ0v) is 12.0. The molecule has 0 fully saturated rings. The van der Waals surface area contributed by atoms with Crippen molar-refractivity contribution in [3.05, 3.63) is 29.3 Å². The molecule has 0 aromatic heterocycles. The van der Waals surface area contributed by atoms with E-state index >= 15 is 0 Å². The molecule has 0 aliphatic rings. The van der Waals surface area contributed by atoms with E-state index in [9.17, 15) is 0 Å². The van der Waals surface area contributed by atoms with Crippen LogP contribution < -0.4 is 10.5 Å². The van der Waals surface area contributed by atoms with Gasteiger partial charge in [-0.25, -0.2) is 0 Å². The number of benzene rings is 1. The number of ether oxygens (including phenoxy) is 1. The van der Waals surface area contributed by atoms with Crippen LogP contribution in [-0.4, -0.2) is 18.7 Å². The first-order valence-corrected chi connectivity index (χ1v) is 7.43. The van der Waals surface area contributed by atoms with Crippen LogP contribution in [0, 0.1) is 5.41 Å². The Bertz CT molecular complexity index is 393. The molecule has 0 spiro atoms. The van der Waals surface area contributed by atoms with Crippen molar-refractivity contribution in [1.82, 2.24) is 0 Å². The average molecular weight is 266 g/mol. The number of methoxy groups -OCH3 is 1. The Labute approximate surface area is 114 Å². The summed E-state index contributed by atoms with van der Waals surface area (Å²) in [5.41, 5.74) is 7.38. The molecule has 0 saturated heterocycles. The molecule has 0 bridgehead atoms. The number of nitrogen functional groups attached to an aromatic ring is 1. The highest BCUT2D eigenvalue weighted by atomic mass is 32.2. The van der Waals surface area contributed by atoms with Gasteiger partial charge in [-0.15, -0.1) is 0 Å². The average Bonchev–Trinajstić information content (AvgIpc) is 2.38. The zero-order chi connectivity index (χ0) is 13.4. The molecule has 0 amide bonds. The van der Waals surface area contributed by atoms with Gasteiger partial charge < -0.3 is 10.5 Å². The first kappa shape index (κ1) is 14.9. The lowest BCUT2D eigenvalue weighted by Gasteiger charge is -2.09. The van der Waals surface area contributed by atoms with Crippen molar-refractivity contribution in [1.29, 1.82) is 5.41 Å². The first-order valence-electron chi connectivity index (χ1n) is 6.28. The summed E-state index contributed by atoms with van der Waals surface area (Å²) in [6.07, 6.45) is 3.85. The maximum Gasteiger partial charge on any atom is 0.130 e. The lowest BCUT2D eigenvalue weighted by atomic mass is 10.1. The molecule has 0 atom stereocenters. The van der Waals surface area contributed by atoms with Gasteiger partial charge in [0.05, 0.1) is 12.7 Å². The van der Waals surface area contributed by atoms with Crippen LogP contribution in [0.25, 0.3) is 0 Å². The summed E-state index contributed by atoms with van der Waals surface area (Å²) < 4.78 is 5.26. The number of unbranched alkanes of at least 4 members (excludes halogenated alkanes) is 2. The van der Waals surface area contributed by atoms with Crippen LogP contribution >= 0.6 is 11.8 Å². The van der Waals surface area contributed by atoms with E-state index in [0.29, 0.717) is 11.3 Å². The predicted octanol–water partition coefficient (Wildman–Crippen LogP) is 3.40. The number of hydrogen-bond acceptors (Lipinski definition) is 3. The Morgan fingerprint density at radius 3 is 2.78 bits per heavy atom. The summed E-state index contributed by atoms with van der Waals surface area (Å²) in [7, 11) is 1.61. The molecule has 0 heterocycles. The largest absolute Gasteiger partial charge is 0.496 e. The third-order valence-electron chi connectivity index (χ3n) is 2.72. The zero-order valence-electron chi connectivity index (χ0n) is 11.2. The molecule has 0 unspecified atom stereocenters. The minimum Gasteiger partial charge on any atom is -0.496 e. The standard InChI is InChI=1S/C14H22N2OS/c1-3-4-5-8-18-10-11-6-7-12(14(15)16)13(9-11)17-2/h6-7,9H,3-5,8,10H2,1-2H3,(H3,15,16). The summed E-state index contributed by atoms with van der Waals surface area (Å²) in [5, 5.41) is 7.46. The van der Waals surface area contributed by atoms with Crippen LogP contribution in [0.4, 0.5) is 0 Å². The summed E-state index contributed by atoms with van der Waals surface area (Å²) in [4.78, 5) is 0. The third-order valence-corrected chi connectivity index (χ3v) is 3.83. The molecule has 1 aromatic carbocycles. The Morgan fingerprint density at radius 2 is 2.17 bits per heavy atom. The minimum absolute atomic E-state index is 0.0500. The maximum atomic E-state index is 7.46. The number of amidine groups is 1. The normalized spacial score (nSPS) is 10.3. The van der Waals surface area contributed by atoms with Gasteiger partial charge in [-0.1, -0.05) is 25.8 Å². The molecular weight excluding hydrogens is 244 g/mol. The van der Waals surface area contributed by atoms with Crippen LogP contribution in [0.5, 0.6) is 5.75 Å². The lowest BCUT2D eigenvalue weighted by molar-refractivity contribution is 0.413. The van der Waals surface area contributed by atoms with Gasteiger partial charge >= 0.3 is 0 Å². The van der Waals surface area contributed by atoms with E-state index in [2.05, 4.69) is 6.92 Å². The number of nitrogens with one attached hydrogen (secondary N) is 1. The summed E-state index contributed by atoms with van der Waals surface area (Å²) in [6, 6.07) is 5.86. The number of thioether (sulfide) groups is 1. The Morgan fingerprint density at radius 1 is 1.39 bits per heavy atom. The maximum absolute atomic E-state index is 7.46. The predicted molar refractivity (Wildman–Crippen MR) is 79.7 cm³/mol. The van der Waals surface area contributed by atoms with E-state index < -0.39 is 0 Å². The fourth-order valence-corrected chi connectivity index (χ4v) is 2.66. The monoisotopic (exact) mass is 266 g/mol.